The van der Waals surface area contributed by atoms with Crippen LogP contribution in [0.5, 0.6) is 0 Å². The van der Waals surface area contributed by atoms with Crippen molar-refractivity contribution in [3.63, 3.8) is 0 Å². The van der Waals surface area contributed by atoms with Gasteiger partial charge in [0, 0.05) is 27.1 Å². The summed E-state index contributed by atoms with van der Waals surface area (Å²) in [6.07, 6.45) is 3.35. The topological polar surface area (TPSA) is 49.4 Å². The summed E-state index contributed by atoms with van der Waals surface area (Å²) in [5.74, 6) is 0.0208. The number of fused-ring (bicyclic) bond motifs is 1. The molecule has 1 aliphatic rings. The molecule has 0 saturated heterocycles. The van der Waals surface area contributed by atoms with Gasteiger partial charge in [-0.2, -0.15) is 0 Å². The number of nitrogens with one attached hydrogen (secondary N) is 1. The standard InChI is InChI=1S/C16H22N2O2/c1-18(2)15(19)10-11-17-16(20)14-9-5-7-12-6-3-4-8-13(12)14/h3-4,6,8,14H,5,7,9-11H2,1-2H3,(H,17,20)/t14-/m0/s1. The van der Waals surface area contributed by atoms with E-state index in [0.29, 0.717) is 13.0 Å². The van der Waals surface area contributed by atoms with Crippen LogP contribution in [0.1, 0.15) is 36.3 Å². The fourth-order valence-electron chi connectivity index (χ4n) is 2.67. The summed E-state index contributed by atoms with van der Waals surface area (Å²) in [6, 6.07) is 8.16. The Morgan fingerprint density at radius 3 is 2.80 bits per heavy atom. The zero-order chi connectivity index (χ0) is 14.5. The second-order valence-corrected chi connectivity index (χ2v) is 5.47. The molecule has 0 heterocycles. The number of nitrogens with zero attached hydrogens (tertiary/aromatic N) is 1. The van der Waals surface area contributed by atoms with Gasteiger partial charge in [-0.3, -0.25) is 9.59 Å². The van der Waals surface area contributed by atoms with Crippen LogP contribution in [0.2, 0.25) is 0 Å². The van der Waals surface area contributed by atoms with E-state index in [9.17, 15) is 9.59 Å². The molecule has 2 rings (SSSR count). The molecular formula is C16H22N2O2. The molecule has 4 heteroatoms. The summed E-state index contributed by atoms with van der Waals surface area (Å²) in [7, 11) is 3.45. The number of carbonyl (C=O) groups is 2. The van der Waals surface area contributed by atoms with Gasteiger partial charge in [-0.15, -0.1) is 0 Å². The normalized spacial score (nSPS) is 17.2. The summed E-state index contributed by atoms with van der Waals surface area (Å²) in [4.78, 5) is 25.3. The van der Waals surface area contributed by atoms with Gasteiger partial charge in [0.1, 0.15) is 0 Å². The number of benzene rings is 1. The first-order valence-electron chi connectivity index (χ1n) is 7.15. The molecule has 1 aliphatic carbocycles. The smallest absolute Gasteiger partial charge is 0.227 e. The van der Waals surface area contributed by atoms with E-state index in [1.165, 1.54) is 5.56 Å². The predicted octanol–water partition coefficient (Wildman–Crippen LogP) is 1.70. The van der Waals surface area contributed by atoms with E-state index in [0.717, 1.165) is 24.8 Å². The van der Waals surface area contributed by atoms with Gasteiger partial charge in [0.05, 0.1) is 5.92 Å². The Morgan fingerprint density at radius 2 is 2.05 bits per heavy atom. The van der Waals surface area contributed by atoms with Gasteiger partial charge >= 0.3 is 0 Å². The first kappa shape index (κ1) is 14.6. The van der Waals surface area contributed by atoms with Crippen molar-refractivity contribution in [1.29, 1.82) is 0 Å². The lowest BCUT2D eigenvalue weighted by atomic mass is 9.82. The molecule has 20 heavy (non-hydrogen) atoms. The highest BCUT2D eigenvalue weighted by Crippen LogP contribution is 2.31. The second-order valence-electron chi connectivity index (χ2n) is 5.47. The third kappa shape index (κ3) is 3.38. The van der Waals surface area contributed by atoms with Gasteiger partial charge in [-0.1, -0.05) is 24.3 Å². The first-order valence-corrected chi connectivity index (χ1v) is 7.15. The molecule has 1 atom stereocenters. The van der Waals surface area contributed by atoms with Gasteiger partial charge in [-0.05, 0) is 30.4 Å². The third-order valence-corrected chi connectivity index (χ3v) is 3.82. The largest absolute Gasteiger partial charge is 0.355 e. The minimum Gasteiger partial charge on any atom is -0.355 e. The van der Waals surface area contributed by atoms with E-state index < -0.39 is 0 Å². The van der Waals surface area contributed by atoms with Gasteiger partial charge in [0.25, 0.3) is 0 Å². The molecule has 1 N–H and O–H groups in total. The number of carbonyl (C=O) groups excluding carboxylic acids is 2. The Morgan fingerprint density at radius 1 is 1.30 bits per heavy atom. The fraction of sp³-hybridized carbons (Fsp3) is 0.500. The number of aryl methyl sites for hydroxylation is 1. The minimum atomic E-state index is -0.0607. The average molecular weight is 274 g/mol. The van der Waals surface area contributed by atoms with Crippen molar-refractivity contribution in [3.8, 4) is 0 Å². The lowest BCUT2D eigenvalue weighted by molar-refractivity contribution is -0.128. The summed E-state index contributed by atoms with van der Waals surface area (Å²) in [5.41, 5.74) is 2.43. The molecule has 0 fully saturated rings. The van der Waals surface area contributed by atoms with Crippen molar-refractivity contribution in [2.75, 3.05) is 20.6 Å². The zero-order valence-corrected chi connectivity index (χ0v) is 12.2. The zero-order valence-electron chi connectivity index (χ0n) is 12.2. The van der Waals surface area contributed by atoms with Crippen LogP contribution in [0.15, 0.2) is 24.3 Å². The van der Waals surface area contributed by atoms with Crippen LogP contribution in [0.4, 0.5) is 0 Å². The average Bonchev–Trinajstić information content (AvgIpc) is 2.46. The van der Waals surface area contributed by atoms with Crippen LogP contribution in [0.3, 0.4) is 0 Å². The lowest BCUT2D eigenvalue weighted by Crippen LogP contribution is -2.34. The van der Waals surface area contributed by atoms with Crippen molar-refractivity contribution in [1.82, 2.24) is 10.2 Å². The van der Waals surface area contributed by atoms with Gasteiger partial charge in [0.15, 0.2) is 0 Å². The number of rotatable bonds is 4. The number of hydrogen-bond donors (Lipinski definition) is 1. The van der Waals surface area contributed by atoms with Crippen molar-refractivity contribution in [2.24, 2.45) is 0 Å². The maximum atomic E-state index is 12.3. The van der Waals surface area contributed by atoms with Crippen molar-refractivity contribution >= 4 is 11.8 Å². The van der Waals surface area contributed by atoms with Crippen molar-refractivity contribution in [3.05, 3.63) is 35.4 Å². The number of hydrogen-bond acceptors (Lipinski definition) is 2. The van der Waals surface area contributed by atoms with Crippen molar-refractivity contribution in [2.45, 2.75) is 31.6 Å². The predicted molar refractivity (Wildman–Crippen MR) is 78.4 cm³/mol. The summed E-state index contributed by atoms with van der Waals surface area (Å²) < 4.78 is 0. The summed E-state index contributed by atoms with van der Waals surface area (Å²) >= 11 is 0. The summed E-state index contributed by atoms with van der Waals surface area (Å²) in [5, 5.41) is 2.89. The Labute approximate surface area is 120 Å². The molecule has 1 aromatic rings. The monoisotopic (exact) mass is 274 g/mol. The molecule has 108 valence electrons. The van der Waals surface area contributed by atoms with Crippen molar-refractivity contribution < 1.29 is 9.59 Å². The molecule has 0 aliphatic heterocycles. The van der Waals surface area contributed by atoms with Crippen LogP contribution < -0.4 is 5.32 Å². The lowest BCUT2D eigenvalue weighted by Gasteiger charge is -2.24. The fourth-order valence-corrected chi connectivity index (χ4v) is 2.67. The van der Waals surface area contributed by atoms with Gasteiger partial charge < -0.3 is 10.2 Å². The molecule has 0 unspecified atom stereocenters. The maximum absolute atomic E-state index is 12.3. The molecule has 0 aromatic heterocycles. The maximum Gasteiger partial charge on any atom is 0.227 e. The molecule has 0 saturated carbocycles. The van der Waals surface area contributed by atoms with E-state index in [-0.39, 0.29) is 17.7 Å². The first-order chi connectivity index (χ1) is 9.59. The van der Waals surface area contributed by atoms with Crippen LogP contribution in [-0.4, -0.2) is 37.4 Å². The van der Waals surface area contributed by atoms with Crippen LogP contribution in [-0.2, 0) is 16.0 Å². The molecule has 0 spiro atoms. The van der Waals surface area contributed by atoms with E-state index in [1.54, 1.807) is 19.0 Å². The Balaban J connectivity index is 1.92. The highest BCUT2D eigenvalue weighted by atomic mass is 16.2. The molecule has 1 aromatic carbocycles. The Bertz CT molecular complexity index is 497. The quantitative estimate of drug-likeness (QED) is 0.908. The van der Waals surface area contributed by atoms with Crippen LogP contribution in [0.25, 0.3) is 0 Å². The van der Waals surface area contributed by atoms with Crippen LogP contribution in [0, 0.1) is 0 Å². The van der Waals surface area contributed by atoms with Gasteiger partial charge in [-0.25, -0.2) is 0 Å². The van der Waals surface area contributed by atoms with Crippen LogP contribution >= 0.6 is 0 Å². The number of amides is 2. The highest BCUT2D eigenvalue weighted by Gasteiger charge is 2.25. The van der Waals surface area contributed by atoms with Gasteiger partial charge in [0.2, 0.25) is 11.8 Å². The minimum absolute atomic E-state index is 0.0364. The summed E-state index contributed by atoms with van der Waals surface area (Å²) in [6.45, 7) is 0.411. The third-order valence-electron chi connectivity index (χ3n) is 3.82. The highest BCUT2D eigenvalue weighted by molar-refractivity contribution is 5.85. The SMILES string of the molecule is CN(C)C(=O)CCNC(=O)[C@H]1CCCc2ccccc21. The molecule has 4 nitrogen and oxygen atoms in total. The Hall–Kier alpha value is -1.84. The van der Waals surface area contributed by atoms with E-state index >= 15 is 0 Å². The Kier molecular flexibility index (Phi) is 4.77. The van der Waals surface area contributed by atoms with E-state index in [1.807, 2.05) is 18.2 Å². The molecular weight excluding hydrogens is 252 g/mol. The van der Waals surface area contributed by atoms with E-state index in [2.05, 4.69) is 11.4 Å². The molecule has 2 amide bonds. The second kappa shape index (κ2) is 6.55. The molecule has 0 bridgehead atoms. The molecule has 0 radical (unpaired) electrons. The van der Waals surface area contributed by atoms with E-state index in [4.69, 9.17) is 0 Å².